The molecule has 0 fully saturated rings. The van der Waals surface area contributed by atoms with E-state index < -0.39 is 6.17 Å². The van der Waals surface area contributed by atoms with Crippen LogP contribution in [0.2, 0.25) is 0 Å². The molecule has 1 aromatic carbocycles. The van der Waals surface area contributed by atoms with Crippen molar-refractivity contribution in [2.45, 2.75) is 19.5 Å². The molecule has 0 saturated heterocycles. The van der Waals surface area contributed by atoms with Gasteiger partial charge in [-0.25, -0.2) is 4.39 Å². The van der Waals surface area contributed by atoms with Crippen LogP contribution in [0.1, 0.15) is 23.7 Å². The van der Waals surface area contributed by atoms with Gasteiger partial charge < -0.3 is 5.73 Å². The van der Waals surface area contributed by atoms with E-state index >= 15 is 0 Å². The summed E-state index contributed by atoms with van der Waals surface area (Å²) in [6, 6.07) is 5.53. The molecule has 0 spiro atoms. The minimum atomic E-state index is -0.943. The number of benzene rings is 1. The molecule has 0 amide bonds. The molecule has 0 saturated carbocycles. The number of hydrogen-bond acceptors (Lipinski definition) is 1. The van der Waals surface area contributed by atoms with E-state index in [2.05, 4.69) is 15.9 Å². The third-order valence-corrected chi connectivity index (χ3v) is 2.83. The van der Waals surface area contributed by atoms with Gasteiger partial charge in [0.2, 0.25) is 0 Å². The Morgan fingerprint density at radius 3 is 2.77 bits per heavy atom. The quantitative estimate of drug-likeness (QED) is 0.871. The van der Waals surface area contributed by atoms with Crippen LogP contribution in [0.4, 0.5) is 4.39 Å². The lowest BCUT2D eigenvalue weighted by atomic mass is 10.1. The van der Waals surface area contributed by atoms with Gasteiger partial charge in [-0.3, -0.25) is 0 Å². The van der Waals surface area contributed by atoms with Crippen molar-refractivity contribution >= 4 is 15.9 Å². The van der Waals surface area contributed by atoms with E-state index in [1.807, 2.05) is 19.1 Å². The third kappa shape index (κ3) is 2.78. The van der Waals surface area contributed by atoms with Gasteiger partial charge in [0.15, 0.2) is 0 Å². The smallest absolute Gasteiger partial charge is 0.126 e. The van der Waals surface area contributed by atoms with Crippen LogP contribution in [0, 0.1) is 6.92 Å². The fourth-order valence-electron chi connectivity index (χ4n) is 1.12. The van der Waals surface area contributed by atoms with Gasteiger partial charge in [0.1, 0.15) is 6.17 Å². The Morgan fingerprint density at radius 1 is 1.54 bits per heavy atom. The Hall–Kier alpha value is -0.410. The van der Waals surface area contributed by atoms with Crippen LogP contribution < -0.4 is 5.73 Å². The predicted molar refractivity (Wildman–Crippen MR) is 56.4 cm³/mol. The van der Waals surface area contributed by atoms with Gasteiger partial charge in [-0.05, 0) is 37.1 Å². The summed E-state index contributed by atoms with van der Waals surface area (Å²) in [5, 5.41) is 0. The predicted octanol–water partition coefficient (Wildman–Crippen LogP) is 3.12. The van der Waals surface area contributed by atoms with E-state index in [4.69, 9.17) is 5.73 Å². The summed E-state index contributed by atoms with van der Waals surface area (Å²) in [5.74, 6) is 0. The zero-order valence-electron chi connectivity index (χ0n) is 7.56. The second kappa shape index (κ2) is 4.72. The van der Waals surface area contributed by atoms with Gasteiger partial charge in [-0.1, -0.05) is 28.1 Å². The van der Waals surface area contributed by atoms with Crippen molar-refractivity contribution in [1.82, 2.24) is 0 Å². The Morgan fingerprint density at radius 2 is 2.23 bits per heavy atom. The summed E-state index contributed by atoms with van der Waals surface area (Å²) < 4.78 is 14.3. The van der Waals surface area contributed by atoms with Crippen molar-refractivity contribution < 1.29 is 4.39 Å². The third-order valence-electron chi connectivity index (χ3n) is 1.98. The molecule has 0 heterocycles. The maximum absolute atomic E-state index is 13.3. The first-order valence-electron chi connectivity index (χ1n) is 4.25. The average Bonchev–Trinajstić information content (AvgIpc) is 2.10. The maximum atomic E-state index is 13.3. The number of hydrogen-bond donors (Lipinski definition) is 1. The standard InChI is InChI=1S/C10H13BrFN/c1-7-2-3-8(6-9(7)11)10(12)4-5-13/h2-3,6,10H,4-5,13H2,1H3. The summed E-state index contributed by atoms with van der Waals surface area (Å²) >= 11 is 3.37. The highest BCUT2D eigenvalue weighted by atomic mass is 79.9. The van der Waals surface area contributed by atoms with E-state index in [9.17, 15) is 4.39 Å². The number of halogens is 2. The normalized spacial score (nSPS) is 12.9. The molecule has 72 valence electrons. The molecular formula is C10H13BrFN. The first-order chi connectivity index (χ1) is 6.15. The van der Waals surface area contributed by atoms with Crippen LogP contribution in [0.15, 0.2) is 22.7 Å². The van der Waals surface area contributed by atoms with Crippen LogP contribution >= 0.6 is 15.9 Å². The Balaban J connectivity index is 2.84. The molecule has 1 unspecified atom stereocenters. The molecule has 2 N–H and O–H groups in total. The molecule has 0 bridgehead atoms. The van der Waals surface area contributed by atoms with Crippen LogP contribution in [0.5, 0.6) is 0 Å². The van der Waals surface area contributed by atoms with E-state index in [1.165, 1.54) is 0 Å². The molecule has 3 heteroatoms. The van der Waals surface area contributed by atoms with Crippen molar-refractivity contribution in [1.29, 1.82) is 0 Å². The number of nitrogens with two attached hydrogens (primary N) is 1. The SMILES string of the molecule is Cc1ccc(C(F)CCN)cc1Br. The molecule has 1 nitrogen and oxygen atoms in total. The topological polar surface area (TPSA) is 26.0 Å². The summed E-state index contributed by atoms with van der Waals surface area (Å²) in [6.45, 7) is 2.36. The molecule has 1 atom stereocenters. The van der Waals surface area contributed by atoms with Gasteiger partial charge >= 0.3 is 0 Å². The second-order valence-corrected chi connectivity index (χ2v) is 3.91. The fraction of sp³-hybridized carbons (Fsp3) is 0.400. The summed E-state index contributed by atoms with van der Waals surface area (Å²) in [7, 11) is 0. The van der Waals surface area contributed by atoms with Crippen molar-refractivity contribution in [3.63, 3.8) is 0 Å². The van der Waals surface area contributed by atoms with Crippen molar-refractivity contribution in [2.75, 3.05) is 6.54 Å². The number of aryl methyl sites for hydroxylation is 1. The number of rotatable bonds is 3. The molecular weight excluding hydrogens is 233 g/mol. The lowest BCUT2D eigenvalue weighted by Gasteiger charge is -2.08. The molecule has 0 aliphatic rings. The van der Waals surface area contributed by atoms with E-state index in [1.54, 1.807) is 6.07 Å². The van der Waals surface area contributed by atoms with Crippen LogP contribution in [-0.2, 0) is 0 Å². The second-order valence-electron chi connectivity index (χ2n) is 3.05. The molecule has 0 aliphatic carbocycles. The van der Waals surface area contributed by atoms with Crippen LogP contribution in [0.3, 0.4) is 0 Å². The molecule has 0 aromatic heterocycles. The average molecular weight is 246 g/mol. The van der Waals surface area contributed by atoms with E-state index in [-0.39, 0.29) is 0 Å². The molecule has 1 aromatic rings. The summed E-state index contributed by atoms with van der Waals surface area (Å²) in [4.78, 5) is 0. The zero-order chi connectivity index (χ0) is 9.84. The van der Waals surface area contributed by atoms with Crippen molar-refractivity contribution in [3.8, 4) is 0 Å². The van der Waals surface area contributed by atoms with Gasteiger partial charge in [0.05, 0.1) is 0 Å². The minimum absolute atomic E-state index is 0.382. The van der Waals surface area contributed by atoms with Crippen molar-refractivity contribution in [2.24, 2.45) is 5.73 Å². The van der Waals surface area contributed by atoms with Gasteiger partial charge in [0.25, 0.3) is 0 Å². The summed E-state index contributed by atoms with van der Waals surface area (Å²) in [6.07, 6.45) is -0.558. The minimum Gasteiger partial charge on any atom is -0.330 e. The highest BCUT2D eigenvalue weighted by Crippen LogP contribution is 2.25. The lowest BCUT2D eigenvalue weighted by Crippen LogP contribution is -2.03. The van der Waals surface area contributed by atoms with Gasteiger partial charge in [-0.15, -0.1) is 0 Å². The Bertz CT molecular complexity index is 288. The molecule has 0 radical (unpaired) electrons. The highest BCUT2D eigenvalue weighted by molar-refractivity contribution is 9.10. The maximum Gasteiger partial charge on any atom is 0.126 e. The largest absolute Gasteiger partial charge is 0.330 e. The lowest BCUT2D eigenvalue weighted by molar-refractivity contribution is 0.327. The van der Waals surface area contributed by atoms with Crippen LogP contribution in [-0.4, -0.2) is 6.54 Å². The zero-order valence-corrected chi connectivity index (χ0v) is 9.14. The van der Waals surface area contributed by atoms with Crippen molar-refractivity contribution in [3.05, 3.63) is 33.8 Å². The van der Waals surface area contributed by atoms with Gasteiger partial charge in [0, 0.05) is 4.47 Å². The first-order valence-corrected chi connectivity index (χ1v) is 5.04. The first kappa shape index (κ1) is 10.7. The monoisotopic (exact) mass is 245 g/mol. The van der Waals surface area contributed by atoms with Gasteiger partial charge in [-0.2, -0.15) is 0 Å². The summed E-state index contributed by atoms with van der Waals surface area (Å²) in [5.41, 5.74) is 7.09. The molecule has 13 heavy (non-hydrogen) atoms. The van der Waals surface area contributed by atoms with E-state index in [0.717, 1.165) is 10.0 Å². The number of alkyl halides is 1. The molecule has 1 rings (SSSR count). The fourth-order valence-corrected chi connectivity index (χ4v) is 1.51. The highest BCUT2D eigenvalue weighted by Gasteiger charge is 2.09. The van der Waals surface area contributed by atoms with E-state index in [0.29, 0.717) is 18.5 Å². The Labute approximate surface area is 86.3 Å². The van der Waals surface area contributed by atoms with Crippen LogP contribution in [0.25, 0.3) is 0 Å². The Kier molecular flexibility index (Phi) is 3.88. The molecule has 0 aliphatic heterocycles.